The minimum absolute atomic E-state index is 0.138. The van der Waals surface area contributed by atoms with Gasteiger partial charge in [0.05, 0.1) is 31.3 Å². The SMILES string of the molecule is CN[C@@H]1[C@@H](O)[C@@H](O[C@H]2[C@H](NC(=O)C(O)C3CNC3)C[C@H](N)C([C@H]3OC(CNCC4CC(N)C4)=CC[C@H]3N)[C@@H]2O)OC[C@]1(C)O. The predicted octanol–water partition coefficient (Wildman–Crippen LogP) is -4.47. The Hall–Kier alpha value is -1.47. The molecule has 5 aliphatic rings. The molecule has 15 heteroatoms. The molecule has 12 atom stereocenters. The van der Waals surface area contributed by atoms with Crippen molar-refractivity contribution in [1.29, 1.82) is 0 Å². The van der Waals surface area contributed by atoms with Crippen LogP contribution in [0, 0.1) is 17.8 Å². The van der Waals surface area contributed by atoms with Crippen molar-refractivity contribution in [3.63, 3.8) is 0 Å². The van der Waals surface area contributed by atoms with Crippen LogP contribution < -0.4 is 38.5 Å². The molecule has 0 aromatic heterocycles. The highest BCUT2D eigenvalue weighted by atomic mass is 16.7. The van der Waals surface area contributed by atoms with E-state index in [1.165, 1.54) is 0 Å². The van der Waals surface area contributed by atoms with E-state index < -0.39 is 78.4 Å². The minimum atomic E-state index is -1.37. The van der Waals surface area contributed by atoms with E-state index in [9.17, 15) is 25.2 Å². The molecule has 5 rings (SSSR count). The number of likely N-dealkylation sites (N-methyl/N-ethyl adjacent to an activating group) is 1. The molecule has 14 N–H and O–H groups in total. The van der Waals surface area contributed by atoms with Crippen LogP contribution in [0.4, 0.5) is 0 Å². The molecule has 4 fully saturated rings. The van der Waals surface area contributed by atoms with Crippen molar-refractivity contribution in [3.8, 4) is 0 Å². The normalized spacial score (nSPS) is 45.3. The summed E-state index contributed by atoms with van der Waals surface area (Å²) >= 11 is 0. The maximum absolute atomic E-state index is 13.1. The molecular formula is C29H53N7O8. The molecule has 2 aliphatic carbocycles. The van der Waals surface area contributed by atoms with Gasteiger partial charge in [-0.1, -0.05) is 0 Å². The Labute approximate surface area is 258 Å². The molecule has 0 bridgehead atoms. The maximum atomic E-state index is 13.1. The summed E-state index contributed by atoms with van der Waals surface area (Å²) in [6.07, 6.45) is -2.12. The average Bonchev–Trinajstić information content (AvgIpc) is 2.91. The maximum Gasteiger partial charge on any atom is 0.249 e. The summed E-state index contributed by atoms with van der Waals surface area (Å²) in [7, 11) is 1.61. The van der Waals surface area contributed by atoms with E-state index in [1.807, 2.05) is 6.08 Å². The van der Waals surface area contributed by atoms with E-state index in [4.69, 9.17) is 31.4 Å². The average molecular weight is 628 g/mol. The number of carbonyl (C=O) groups is 1. The molecule has 0 spiro atoms. The number of hydrogen-bond donors (Lipinski definition) is 11. The summed E-state index contributed by atoms with van der Waals surface area (Å²) in [6, 6.07) is -2.41. The van der Waals surface area contributed by atoms with Gasteiger partial charge in [-0.25, -0.2) is 0 Å². The standard InChI is InChI=1S/C29H53N7O8/c1-29(41)12-42-28(23(39)26(29)33-2)44-25-19(36-27(40)21(37)14-9-35-10-14)7-18(32)20(22(25)38)24-17(31)4-3-16(43-24)11-34-8-13-5-15(30)6-13/h3,13-15,17-26,28,33-35,37-39,41H,4-12,30-32H2,1-2H3,(H,36,40)/t13?,15?,17-,18+,19-,20?,21?,22+,23-,24+,25+,26-,28-,29+/m1/s1. The fraction of sp³-hybridized carbons (Fsp3) is 0.897. The van der Waals surface area contributed by atoms with Crippen molar-refractivity contribution < 1.29 is 39.4 Å². The van der Waals surface area contributed by atoms with E-state index >= 15 is 0 Å². The van der Waals surface area contributed by atoms with Crippen LogP contribution in [0.25, 0.3) is 0 Å². The molecule has 44 heavy (non-hydrogen) atoms. The van der Waals surface area contributed by atoms with Crippen LogP contribution in [-0.4, -0.2) is 139 Å². The molecule has 2 saturated heterocycles. The number of hydrogen-bond acceptors (Lipinski definition) is 14. The third-order valence-electron chi connectivity index (χ3n) is 10.1. The highest BCUT2D eigenvalue weighted by molar-refractivity contribution is 5.81. The Balaban J connectivity index is 1.30. The van der Waals surface area contributed by atoms with E-state index in [0.717, 1.165) is 25.1 Å². The lowest BCUT2D eigenvalue weighted by Gasteiger charge is -2.50. The number of amides is 1. The van der Waals surface area contributed by atoms with Crippen molar-refractivity contribution in [2.75, 3.05) is 39.8 Å². The van der Waals surface area contributed by atoms with Gasteiger partial charge >= 0.3 is 0 Å². The Bertz CT molecular complexity index is 1010. The molecule has 15 nitrogen and oxygen atoms in total. The van der Waals surface area contributed by atoms with Crippen LogP contribution in [0.1, 0.15) is 32.6 Å². The zero-order chi connectivity index (χ0) is 31.8. The number of nitrogens with one attached hydrogen (secondary N) is 4. The topological polar surface area (TPSA) is 252 Å². The Kier molecular flexibility index (Phi) is 10.9. The van der Waals surface area contributed by atoms with Gasteiger partial charge in [-0.3, -0.25) is 4.79 Å². The summed E-state index contributed by atoms with van der Waals surface area (Å²) < 4.78 is 18.3. The van der Waals surface area contributed by atoms with E-state index in [0.29, 0.717) is 32.0 Å². The second-order valence-corrected chi connectivity index (χ2v) is 13.7. The first-order valence-corrected chi connectivity index (χ1v) is 15.9. The molecule has 0 radical (unpaired) electrons. The summed E-state index contributed by atoms with van der Waals surface area (Å²) in [5.74, 6) is -0.229. The molecule has 3 heterocycles. The molecule has 3 aliphatic heterocycles. The summed E-state index contributed by atoms with van der Waals surface area (Å²) in [6.45, 7) is 3.79. The number of aliphatic hydroxyl groups is 4. The highest BCUT2D eigenvalue weighted by Gasteiger charge is 2.53. The zero-order valence-electron chi connectivity index (χ0n) is 25.7. The van der Waals surface area contributed by atoms with Gasteiger partial charge in [-0.15, -0.1) is 0 Å². The highest BCUT2D eigenvalue weighted by Crippen LogP contribution is 2.37. The van der Waals surface area contributed by atoms with Crippen LogP contribution in [0.3, 0.4) is 0 Å². The molecule has 1 amide bonds. The van der Waals surface area contributed by atoms with Crippen LogP contribution in [0.5, 0.6) is 0 Å². The van der Waals surface area contributed by atoms with E-state index in [-0.39, 0.29) is 25.0 Å². The van der Waals surface area contributed by atoms with Gasteiger partial charge < -0.3 is 73.1 Å². The van der Waals surface area contributed by atoms with Gasteiger partial charge in [0, 0.05) is 43.1 Å². The molecule has 252 valence electrons. The van der Waals surface area contributed by atoms with Crippen LogP contribution in [-0.2, 0) is 19.0 Å². The van der Waals surface area contributed by atoms with Gasteiger partial charge in [-0.2, -0.15) is 0 Å². The van der Waals surface area contributed by atoms with Crippen molar-refractivity contribution in [1.82, 2.24) is 21.3 Å². The van der Waals surface area contributed by atoms with Crippen molar-refractivity contribution in [3.05, 3.63) is 11.8 Å². The number of nitrogens with two attached hydrogens (primary N) is 3. The fourth-order valence-electron chi connectivity index (χ4n) is 7.33. The van der Waals surface area contributed by atoms with Crippen molar-refractivity contribution in [2.45, 2.75) is 105 Å². The zero-order valence-corrected chi connectivity index (χ0v) is 25.7. The van der Waals surface area contributed by atoms with E-state index in [2.05, 4.69) is 21.3 Å². The quantitative estimate of drug-likeness (QED) is 0.103. The third-order valence-corrected chi connectivity index (χ3v) is 10.1. The fourth-order valence-corrected chi connectivity index (χ4v) is 7.33. The first kappa shape index (κ1) is 33.9. The van der Waals surface area contributed by atoms with E-state index in [1.54, 1.807) is 14.0 Å². The van der Waals surface area contributed by atoms with Gasteiger partial charge in [0.2, 0.25) is 5.91 Å². The number of aliphatic hydroxyl groups excluding tert-OH is 3. The first-order valence-electron chi connectivity index (χ1n) is 15.9. The van der Waals surface area contributed by atoms with Crippen LogP contribution in [0.2, 0.25) is 0 Å². The summed E-state index contributed by atoms with van der Waals surface area (Å²) in [5.41, 5.74) is 17.7. The van der Waals surface area contributed by atoms with Crippen molar-refractivity contribution in [2.24, 2.45) is 35.0 Å². The smallest absolute Gasteiger partial charge is 0.249 e. The molecular weight excluding hydrogens is 574 g/mol. The Morgan fingerprint density at radius 3 is 2.55 bits per heavy atom. The molecule has 0 aromatic rings. The van der Waals surface area contributed by atoms with Gasteiger partial charge in [-0.05, 0) is 58.2 Å². The molecule has 2 saturated carbocycles. The summed E-state index contributed by atoms with van der Waals surface area (Å²) in [5, 5.41) is 56.5. The summed E-state index contributed by atoms with van der Waals surface area (Å²) in [4.78, 5) is 13.1. The Morgan fingerprint density at radius 1 is 1.18 bits per heavy atom. The Morgan fingerprint density at radius 2 is 1.91 bits per heavy atom. The monoisotopic (exact) mass is 627 g/mol. The van der Waals surface area contributed by atoms with Crippen LogP contribution in [0.15, 0.2) is 11.8 Å². The number of ether oxygens (including phenoxy) is 3. The van der Waals surface area contributed by atoms with Gasteiger partial charge in [0.15, 0.2) is 6.29 Å². The van der Waals surface area contributed by atoms with Gasteiger partial charge in [0.1, 0.15) is 35.8 Å². The van der Waals surface area contributed by atoms with Gasteiger partial charge in [0.25, 0.3) is 0 Å². The predicted molar refractivity (Wildman–Crippen MR) is 160 cm³/mol. The number of carbonyl (C=O) groups excluding carboxylic acids is 1. The first-order chi connectivity index (χ1) is 20.9. The second-order valence-electron chi connectivity index (χ2n) is 13.7. The lowest BCUT2D eigenvalue weighted by molar-refractivity contribution is -0.297. The number of rotatable bonds is 11. The lowest BCUT2D eigenvalue weighted by Crippen LogP contribution is -2.70. The second kappa shape index (κ2) is 14.1. The van der Waals surface area contributed by atoms with Crippen LogP contribution >= 0.6 is 0 Å². The minimum Gasteiger partial charge on any atom is -0.492 e. The third kappa shape index (κ3) is 7.24. The molecule has 2 unspecified atom stereocenters. The molecule has 0 aromatic carbocycles. The van der Waals surface area contributed by atoms with Crippen molar-refractivity contribution >= 4 is 5.91 Å². The largest absolute Gasteiger partial charge is 0.492 e. The lowest BCUT2D eigenvalue weighted by atomic mass is 9.72.